The largest absolute Gasteiger partial charge is 0.269 e. The molecule has 128 valence electrons. The minimum absolute atomic E-state index is 0.0632. The maximum atomic E-state index is 10.8. The van der Waals surface area contributed by atoms with E-state index in [2.05, 4.69) is 11.5 Å². The Kier molecular flexibility index (Phi) is 4.85. The van der Waals surface area contributed by atoms with Crippen molar-refractivity contribution in [1.82, 2.24) is 0 Å². The summed E-state index contributed by atoms with van der Waals surface area (Å²) in [5.74, 6) is 0. The van der Waals surface area contributed by atoms with Crippen molar-refractivity contribution in [2.45, 2.75) is 24.0 Å². The fourth-order valence-electron chi connectivity index (χ4n) is 3.01. The molecule has 1 aliphatic heterocycles. The highest BCUT2D eigenvalue weighted by Crippen LogP contribution is 2.42. The van der Waals surface area contributed by atoms with E-state index in [4.69, 9.17) is 0 Å². The first kappa shape index (κ1) is 17.2. The maximum absolute atomic E-state index is 10.8. The van der Waals surface area contributed by atoms with Crippen molar-refractivity contribution in [2.24, 2.45) is 0 Å². The van der Waals surface area contributed by atoms with Crippen molar-refractivity contribution in [1.29, 1.82) is 0 Å². The summed E-state index contributed by atoms with van der Waals surface area (Å²) in [5.41, 5.74) is 2.27. The Balaban J connectivity index is 1.77. The molecular weight excluding hydrogens is 340 g/mol. The van der Waals surface area contributed by atoms with Crippen LogP contribution in [0.25, 0.3) is 0 Å². The Morgan fingerprint density at radius 2 is 1.28 bits per heavy atom. The lowest BCUT2D eigenvalue weighted by Crippen LogP contribution is -2.27. The molecule has 0 N–H and O–H groups in total. The van der Waals surface area contributed by atoms with Crippen LogP contribution in [-0.4, -0.2) is 14.6 Å². The van der Waals surface area contributed by atoms with Crippen molar-refractivity contribution < 1.29 is 9.85 Å². The average Bonchev–Trinajstić information content (AvgIpc) is 3.04. The normalized spacial score (nSPS) is 15.2. The second-order valence-corrected chi connectivity index (χ2v) is 7.45. The monoisotopic (exact) mass is 356 g/mol. The van der Waals surface area contributed by atoms with Gasteiger partial charge < -0.3 is 0 Å². The summed E-state index contributed by atoms with van der Waals surface area (Å²) in [5, 5.41) is 23.6. The highest BCUT2D eigenvalue weighted by atomic mass is 32.2. The van der Waals surface area contributed by atoms with E-state index in [1.54, 1.807) is 36.0 Å². The number of thioether (sulfide) groups is 1. The molecule has 1 aliphatic rings. The molecule has 0 unspecified atom stereocenters. The fourth-order valence-corrected chi connectivity index (χ4v) is 4.18. The number of nitro benzene ring substituents is 2. The molecule has 2 aromatic carbocycles. The third kappa shape index (κ3) is 4.06. The van der Waals surface area contributed by atoms with Gasteiger partial charge in [0.05, 0.1) is 9.85 Å². The topological polar surface area (TPSA) is 86.3 Å². The summed E-state index contributed by atoms with van der Waals surface area (Å²) in [6.07, 6.45) is 4.58. The van der Waals surface area contributed by atoms with Gasteiger partial charge in [0, 0.05) is 29.0 Å². The van der Waals surface area contributed by atoms with Gasteiger partial charge >= 0.3 is 0 Å². The predicted octanol–water partition coefficient (Wildman–Crippen LogP) is 4.68. The first-order valence-electron chi connectivity index (χ1n) is 7.77. The predicted molar refractivity (Wildman–Crippen MR) is 97.7 cm³/mol. The van der Waals surface area contributed by atoms with Crippen molar-refractivity contribution in [3.8, 4) is 0 Å². The van der Waals surface area contributed by atoms with Crippen LogP contribution in [0.5, 0.6) is 0 Å². The second-order valence-electron chi connectivity index (χ2n) is 6.08. The van der Waals surface area contributed by atoms with Gasteiger partial charge in [0.15, 0.2) is 0 Å². The zero-order chi connectivity index (χ0) is 17.9. The zero-order valence-corrected chi connectivity index (χ0v) is 14.1. The number of rotatable bonds is 6. The molecule has 1 heterocycles. The third-order valence-corrected chi connectivity index (χ3v) is 5.53. The highest BCUT2D eigenvalue weighted by molar-refractivity contribution is 8.03. The molecule has 3 rings (SSSR count). The van der Waals surface area contributed by atoms with Gasteiger partial charge in [-0.15, -0.1) is 11.8 Å². The summed E-state index contributed by atoms with van der Waals surface area (Å²) < 4.78 is -0.0632. The minimum Gasteiger partial charge on any atom is -0.258 e. The fraction of sp³-hybridized carbons (Fsp3) is 0.222. The van der Waals surface area contributed by atoms with Crippen LogP contribution in [-0.2, 0) is 12.8 Å². The summed E-state index contributed by atoms with van der Waals surface area (Å²) in [4.78, 5) is 20.8. The van der Waals surface area contributed by atoms with E-state index in [0.717, 1.165) is 30.4 Å². The maximum Gasteiger partial charge on any atom is 0.269 e. The molecule has 0 bridgehead atoms. The number of non-ortho nitro benzene ring substituents is 2. The van der Waals surface area contributed by atoms with Gasteiger partial charge in [-0.05, 0) is 35.8 Å². The number of benzene rings is 2. The van der Waals surface area contributed by atoms with Crippen LogP contribution < -0.4 is 0 Å². The average molecular weight is 356 g/mol. The number of allylic oxidation sites excluding steroid dienone is 1. The minimum atomic E-state index is -0.400. The number of nitro groups is 2. The molecule has 0 aliphatic carbocycles. The number of nitrogens with zero attached hydrogens (tertiary/aromatic N) is 2. The Morgan fingerprint density at radius 3 is 1.60 bits per heavy atom. The van der Waals surface area contributed by atoms with Crippen LogP contribution in [0.2, 0.25) is 0 Å². The smallest absolute Gasteiger partial charge is 0.258 e. The van der Waals surface area contributed by atoms with E-state index >= 15 is 0 Å². The summed E-state index contributed by atoms with van der Waals surface area (Å²) in [7, 11) is 0. The molecule has 0 saturated heterocycles. The van der Waals surface area contributed by atoms with Gasteiger partial charge in [0.1, 0.15) is 0 Å². The summed E-state index contributed by atoms with van der Waals surface area (Å²) in [6.45, 7) is 0. The summed E-state index contributed by atoms with van der Waals surface area (Å²) >= 11 is 1.75. The summed E-state index contributed by atoms with van der Waals surface area (Å²) in [6, 6.07) is 13.3. The molecule has 2 aromatic rings. The van der Waals surface area contributed by atoms with Crippen molar-refractivity contribution in [3.05, 3.63) is 91.4 Å². The van der Waals surface area contributed by atoms with E-state index in [9.17, 15) is 20.2 Å². The van der Waals surface area contributed by atoms with Crippen molar-refractivity contribution in [3.63, 3.8) is 0 Å². The first-order chi connectivity index (χ1) is 12.0. The molecular formula is C18H16N2O4S. The molecule has 7 heteroatoms. The van der Waals surface area contributed by atoms with Crippen LogP contribution in [0.3, 0.4) is 0 Å². The van der Waals surface area contributed by atoms with E-state index in [1.165, 1.54) is 24.3 Å². The molecule has 0 radical (unpaired) electrons. The van der Waals surface area contributed by atoms with Crippen LogP contribution in [0, 0.1) is 20.2 Å². The van der Waals surface area contributed by atoms with Gasteiger partial charge in [-0.1, -0.05) is 30.3 Å². The van der Waals surface area contributed by atoms with Gasteiger partial charge in [0.25, 0.3) is 11.4 Å². The molecule has 0 atom stereocenters. The third-order valence-electron chi connectivity index (χ3n) is 4.25. The molecule has 0 fully saturated rings. The quantitative estimate of drug-likeness (QED) is 0.554. The Morgan fingerprint density at radius 1 is 0.840 bits per heavy atom. The van der Waals surface area contributed by atoms with Crippen molar-refractivity contribution in [2.75, 3.05) is 0 Å². The van der Waals surface area contributed by atoms with E-state index in [0.29, 0.717) is 0 Å². The van der Waals surface area contributed by atoms with Gasteiger partial charge in [-0.2, -0.15) is 0 Å². The van der Waals surface area contributed by atoms with Crippen LogP contribution in [0.1, 0.15) is 17.5 Å². The van der Waals surface area contributed by atoms with Gasteiger partial charge in [-0.3, -0.25) is 20.2 Å². The first-order valence-corrected chi connectivity index (χ1v) is 8.65. The van der Waals surface area contributed by atoms with Gasteiger partial charge in [0.2, 0.25) is 0 Å². The van der Waals surface area contributed by atoms with E-state index in [1.807, 2.05) is 0 Å². The lowest BCUT2D eigenvalue weighted by Gasteiger charge is -2.28. The SMILES string of the molecule is O=[N+]([O-])c1ccc(CC2(Cc3ccc([N+](=O)[O-])cc3)CC=CS2)cc1. The van der Waals surface area contributed by atoms with Gasteiger partial charge in [-0.25, -0.2) is 0 Å². The molecule has 0 saturated carbocycles. The zero-order valence-electron chi connectivity index (χ0n) is 13.3. The lowest BCUT2D eigenvalue weighted by atomic mass is 9.89. The lowest BCUT2D eigenvalue weighted by molar-refractivity contribution is -0.385. The standard InChI is InChI=1S/C18H16N2O4S/c21-19(22)16-6-2-14(3-7-16)12-18(10-1-11-25-18)13-15-4-8-17(9-5-15)20(23)24/h1-9,11H,10,12-13H2. The van der Waals surface area contributed by atoms with Crippen LogP contribution in [0.15, 0.2) is 60.0 Å². The van der Waals surface area contributed by atoms with E-state index in [-0.39, 0.29) is 16.1 Å². The Bertz CT molecular complexity index is 746. The molecule has 6 nitrogen and oxygen atoms in total. The Hall–Kier alpha value is -2.67. The molecule has 0 spiro atoms. The van der Waals surface area contributed by atoms with Crippen LogP contribution >= 0.6 is 11.8 Å². The number of hydrogen-bond donors (Lipinski definition) is 0. The highest BCUT2D eigenvalue weighted by Gasteiger charge is 2.32. The Labute approximate surface area is 148 Å². The molecule has 25 heavy (non-hydrogen) atoms. The van der Waals surface area contributed by atoms with Crippen LogP contribution in [0.4, 0.5) is 11.4 Å². The van der Waals surface area contributed by atoms with E-state index < -0.39 is 9.85 Å². The molecule has 0 aromatic heterocycles. The molecule has 0 amide bonds. The number of hydrogen-bond acceptors (Lipinski definition) is 5. The second kappa shape index (κ2) is 7.06. The van der Waals surface area contributed by atoms with Crippen molar-refractivity contribution >= 4 is 23.1 Å².